The van der Waals surface area contributed by atoms with Gasteiger partial charge in [-0.05, 0) is 0 Å². The SMILES string of the molecule is N#CC1CN(C(=O)N2CCSCC2CC(=O)O)CCO1. The summed E-state index contributed by atoms with van der Waals surface area (Å²) in [6.07, 6.45) is -0.630. The summed E-state index contributed by atoms with van der Waals surface area (Å²) in [5, 5.41) is 17.8. The normalized spacial score (nSPS) is 26.9. The van der Waals surface area contributed by atoms with E-state index < -0.39 is 12.1 Å². The molecule has 20 heavy (non-hydrogen) atoms. The third-order valence-corrected chi connectivity index (χ3v) is 4.46. The zero-order chi connectivity index (χ0) is 14.5. The lowest BCUT2D eigenvalue weighted by Crippen LogP contribution is -2.56. The number of carbonyl (C=O) groups is 2. The molecule has 0 aliphatic carbocycles. The molecule has 0 aromatic carbocycles. The smallest absolute Gasteiger partial charge is 0.320 e. The molecule has 0 aromatic heterocycles. The second-order valence-electron chi connectivity index (χ2n) is 4.74. The molecular formula is C12H17N3O4S. The molecule has 2 atom stereocenters. The second-order valence-corrected chi connectivity index (χ2v) is 5.89. The first-order chi connectivity index (χ1) is 9.61. The Hall–Kier alpha value is -1.46. The quantitative estimate of drug-likeness (QED) is 0.784. The second kappa shape index (κ2) is 6.81. The Kier molecular flexibility index (Phi) is 5.09. The number of thioether (sulfide) groups is 1. The predicted molar refractivity (Wildman–Crippen MR) is 72.4 cm³/mol. The predicted octanol–water partition coefficient (Wildman–Crippen LogP) is 0.223. The Morgan fingerprint density at radius 2 is 2.25 bits per heavy atom. The van der Waals surface area contributed by atoms with Gasteiger partial charge in [0.05, 0.1) is 31.7 Å². The number of rotatable bonds is 2. The fourth-order valence-electron chi connectivity index (χ4n) is 2.36. The van der Waals surface area contributed by atoms with Crippen LogP contribution in [0.3, 0.4) is 0 Å². The van der Waals surface area contributed by atoms with E-state index >= 15 is 0 Å². The molecule has 2 saturated heterocycles. The third-order valence-electron chi connectivity index (χ3n) is 3.36. The Morgan fingerprint density at radius 1 is 1.45 bits per heavy atom. The summed E-state index contributed by atoms with van der Waals surface area (Å²) < 4.78 is 5.21. The Bertz CT molecular complexity index is 425. The highest BCUT2D eigenvalue weighted by atomic mass is 32.2. The molecule has 8 heteroatoms. The van der Waals surface area contributed by atoms with E-state index in [4.69, 9.17) is 15.1 Å². The maximum absolute atomic E-state index is 12.5. The average molecular weight is 299 g/mol. The molecule has 2 unspecified atom stereocenters. The number of morpholine rings is 1. The van der Waals surface area contributed by atoms with E-state index in [-0.39, 0.29) is 25.0 Å². The summed E-state index contributed by atoms with van der Waals surface area (Å²) in [6.45, 7) is 1.59. The highest BCUT2D eigenvalue weighted by molar-refractivity contribution is 7.99. The molecule has 110 valence electrons. The number of hydrogen-bond donors (Lipinski definition) is 1. The molecule has 7 nitrogen and oxygen atoms in total. The van der Waals surface area contributed by atoms with Gasteiger partial charge in [-0.15, -0.1) is 0 Å². The van der Waals surface area contributed by atoms with Crippen molar-refractivity contribution in [2.24, 2.45) is 0 Å². The van der Waals surface area contributed by atoms with Gasteiger partial charge in [0, 0.05) is 24.6 Å². The molecule has 2 aliphatic heterocycles. The van der Waals surface area contributed by atoms with Crippen molar-refractivity contribution in [2.75, 3.05) is 37.7 Å². The van der Waals surface area contributed by atoms with Crippen LogP contribution in [-0.2, 0) is 9.53 Å². The Morgan fingerprint density at radius 3 is 2.95 bits per heavy atom. The van der Waals surface area contributed by atoms with E-state index in [9.17, 15) is 9.59 Å². The van der Waals surface area contributed by atoms with Gasteiger partial charge >= 0.3 is 12.0 Å². The molecule has 0 bridgehead atoms. The van der Waals surface area contributed by atoms with Crippen molar-refractivity contribution in [1.82, 2.24) is 9.80 Å². The van der Waals surface area contributed by atoms with Crippen LogP contribution in [0.25, 0.3) is 0 Å². The molecule has 0 spiro atoms. The molecule has 2 amide bonds. The van der Waals surface area contributed by atoms with E-state index in [1.54, 1.807) is 21.6 Å². The summed E-state index contributed by atoms with van der Waals surface area (Å²) >= 11 is 1.67. The first-order valence-electron chi connectivity index (χ1n) is 6.48. The van der Waals surface area contributed by atoms with Crippen LogP contribution in [0.2, 0.25) is 0 Å². The lowest BCUT2D eigenvalue weighted by atomic mass is 10.2. The minimum absolute atomic E-state index is 0.0369. The first-order valence-corrected chi connectivity index (χ1v) is 7.63. The van der Waals surface area contributed by atoms with Crippen LogP contribution in [0.5, 0.6) is 0 Å². The molecule has 0 aromatic rings. The largest absolute Gasteiger partial charge is 0.481 e. The summed E-state index contributed by atoms with van der Waals surface area (Å²) in [5.74, 6) is 0.560. The van der Waals surface area contributed by atoms with Gasteiger partial charge in [-0.2, -0.15) is 17.0 Å². The highest BCUT2D eigenvalue weighted by Gasteiger charge is 2.33. The number of nitrogens with zero attached hydrogens (tertiary/aromatic N) is 3. The number of carboxylic acid groups (broad SMARTS) is 1. The number of aliphatic carboxylic acids is 1. The van der Waals surface area contributed by atoms with Crippen LogP contribution in [0.1, 0.15) is 6.42 Å². The number of carbonyl (C=O) groups excluding carboxylic acids is 1. The zero-order valence-corrected chi connectivity index (χ0v) is 11.8. The molecule has 2 aliphatic rings. The summed E-state index contributed by atoms with van der Waals surface area (Å²) in [7, 11) is 0. The van der Waals surface area contributed by atoms with Gasteiger partial charge in [-0.25, -0.2) is 4.79 Å². The van der Waals surface area contributed by atoms with Gasteiger partial charge < -0.3 is 19.6 Å². The third kappa shape index (κ3) is 3.55. The van der Waals surface area contributed by atoms with Gasteiger partial charge in [0.25, 0.3) is 0 Å². The molecule has 2 heterocycles. The molecular weight excluding hydrogens is 282 g/mol. The summed E-state index contributed by atoms with van der Waals surface area (Å²) in [6, 6.07) is 1.55. The lowest BCUT2D eigenvalue weighted by molar-refractivity contribution is -0.138. The molecule has 2 fully saturated rings. The van der Waals surface area contributed by atoms with Crippen LogP contribution < -0.4 is 0 Å². The number of amides is 2. The first kappa shape index (κ1) is 14.9. The van der Waals surface area contributed by atoms with Gasteiger partial charge in [-0.1, -0.05) is 0 Å². The highest BCUT2D eigenvalue weighted by Crippen LogP contribution is 2.21. The van der Waals surface area contributed by atoms with Crippen LogP contribution >= 0.6 is 11.8 Å². The summed E-state index contributed by atoms with van der Waals surface area (Å²) in [5.41, 5.74) is 0. The molecule has 2 rings (SSSR count). The summed E-state index contributed by atoms with van der Waals surface area (Å²) in [4.78, 5) is 26.6. The lowest BCUT2D eigenvalue weighted by Gasteiger charge is -2.40. The van der Waals surface area contributed by atoms with E-state index in [2.05, 4.69) is 0 Å². The van der Waals surface area contributed by atoms with Gasteiger partial charge in [0.15, 0.2) is 6.10 Å². The van der Waals surface area contributed by atoms with E-state index in [0.717, 1.165) is 5.75 Å². The minimum Gasteiger partial charge on any atom is -0.481 e. The van der Waals surface area contributed by atoms with Crippen molar-refractivity contribution in [3.8, 4) is 6.07 Å². The standard InChI is InChI=1S/C12H17N3O4S/c13-6-10-7-14(1-3-19-10)12(18)15-2-4-20-8-9(15)5-11(16)17/h9-10H,1-5,7-8H2,(H,16,17). The van der Waals surface area contributed by atoms with Crippen LogP contribution in [0, 0.1) is 11.3 Å². The monoisotopic (exact) mass is 299 g/mol. The number of urea groups is 1. The molecule has 0 radical (unpaired) electrons. The van der Waals surface area contributed by atoms with Gasteiger partial charge in [-0.3, -0.25) is 4.79 Å². The topological polar surface area (TPSA) is 93.9 Å². The molecule has 1 N–H and O–H groups in total. The minimum atomic E-state index is -0.896. The maximum atomic E-state index is 12.5. The number of hydrogen-bond acceptors (Lipinski definition) is 5. The van der Waals surface area contributed by atoms with Crippen molar-refractivity contribution < 1.29 is 19.4 Å². The average Bonchev–Trinajstić information content (AvgIpc) is 2.46. The van der Waals surface area contributed by atoms with Crippen molar-refractivity contribution in [3.05, 3.63) is 0 Å². The van der Waals surface area contributed by atoms with Crippen molar-refractivity contribution in [3.63, 3.8) is 0 Å². The zero-order valence-electron chi connectivity index (χ0n) is 11.0. The van der Waals surface area contributed by atoms with Crippen molar-refractivity contribution in [1.29, 1.82) is 5.26 Å². The van der Waals surface area contributed by atoms with Crippen molar-refractivity contribution in [2.45, 2.75) is 18.6 Å². The van der Waals surface area contributed by atoms with Crippen LogP contribution in [0.4, 0.5) is 4.79 Å². The molecule has 0 saturated carbocycles. The van der Waals surface area contributed by atoms with Gasteiger partial charge in [0.1, 0.15) is 0 Å². The number of carboxylic acids is 1. The van der Waals surface area contributed by atoms with E-state index in [1.807, 2.05) is 6.07 Å². The number of nitriles is 1. The maximum Gasteiger partial charge on any atom is 0.320 e. The number of ether oxygens (including phenoxy) is 1. The fraction of sp³-hybridized carbons (Fsp3) is 0.750. The van der Waals surface area contributed by atoms with Gasteiger partial charge in [0.2, 0.25) is 0 Å². The van der Waals surface area contributed by atoms with Crippen LogP contribution in [0.15, 0.2) is 0 Å². The fourth-order valence-corrected chi connectivity index (χ4v) is 3.42. The van der Waals surface area contributed by atoms with Crippen molar-refractivity contribution >= 4 is 23.8 Å². The Labute approximate surface area is 121 Å². The Balaban J connectivity index is 2.01. The van der Waals surface area contributed by atoms with E-state index in [0.29, 0.717) is 25.4 Å². The van der Waals surface area contributed by atoms with Crippen LogP contribution in [-0.4, -0.2) is 76.8 Å². The van der Waals surface area contributed by atoms with E-state index in [1.165, 1.54) is 0 Å².